The molecule has 2 aromatic carbocycles. The average Bonchev–Trinajstić information content (AvgIpc) is 2.75. The number of carbonyl (C=O) groups is 2. The van der Waals surface area contributed by atoms with Crippen molar-refractivity contribution in [3.8, 4) is 0 Å². The summed E-state index contributed by atoms with van der Waals surface area (Å²) in [7, 11) is 0. The summed E-state index contributed by atoms with van der Waals surface area (Å²) in [6.45, 7) is 4.05. The molecule has 1 amide bonds. The molecule has 1 atom stereocenters. The standard InChI is InChI=1S/C23H23N3O3/c1-3-29-23(28)19-11-7-8-12-20(19)26-22(27)21-14-13-18(15-24-21)25-16(2)17-9-5-4-6-10-17/h4-16,25H,3H2,1-2H3,(H,26,27). The van der Waals surface area contributed by atoms with Crippen molar-refractivity contribution < 1.29 is 14.3 Å². The van der Waals surface area contributed by atoms with Crippen LogP contribution in [0.5, 0.6) is 0 Å². The molecular formula is C23H23N3O3. The minimum Gasteiger partial charge on any atom is -0.462 e. The highest BCUT2D eigenvalue weighted by Gasteiger charge is 2.15. The minimum atomic E-state index is -0.481. The zero-order valence-electron chi connectivity index (χ0n) is 16.4. The molecule has 0 fully saturated rings. The summed E-state index contributed by atoms with van der Waals surface area (Å²) in [5, 5.41) is 6.09. The molecule has 1 unspecified atom stereocenters. The lowest BCUT2D eigenvalue weighted by atomic mass is 10.1. The number of nitrogens with zero attached hydrogens (tertiary/aromatic N) is 1. The topological polar surface area (TPSA) is 80.3 Å². The van der Waals surface area contributed by atoms with Crippen molar-refractivity contribution in [2.75, 3.05) is 17.2 Å². The molecule has 3 aromatic rings. The maximum Gasteiger partial charge on any atom is 0.340 e. The molecule has 0 aliphatic rings. The highest BCUT2D eigenvalue weighted by molar-refractivity contribution is 6.07. The number of ether oxygens (including phenoxy) is 1. The number of anilines is 2. The third-order valence-electron chi connectivity index (χ3n) is 4.35. The van der Waals surface area contributed by atoms with Gasteiger partial charge in [-0.05, 0) is 43.7 Å². The second-order valence-corrected chi connectivity index (χ2v) is 6.43. The first-order valence-corrected chi connectivity index (χ1v) is 9.43. The molecule has 3 rings (SSSR count). The Morgan fingerprint density at radius 3 is 2.41 bits per heavy atom. The zero-order valence-corrected chi connectivity index (χ0v) is 16.4. The van der Waals surface area contributed by atoms with Crippen LogP contribution in [0.25, 0.3) is 0 Å². The smallest absolute Gasteiger partial charge is 0.340 e. The molecule has 0 aliphatic carbocycles. The lowest BCUT2D eigenvalue weighted by Gasteiger charge is -2.15. The van der Waals surface area contributed by atoms with Crippen LogP contribution in [-0.4, -0.2) is 23.5 Å². The molecule has 0 spiro atoms. The fraction of sp³-hybridized carbons (Fsp3) is 0.174. The molecule has 0 saturated carbocycles. The van der Waals surface area contributed by atoms with Crippen molar-refractivity contribution in [1.82, 2.24) is 4.98 Å². The molecule has 0 aliphatic heterocycles. The van der Waals surface area contributed by atoms with Gasteiger partial charge in [-0.15, -0.1) is 0 Å². The van der Waals surface area contributed by atoms with Gasteiger partial charge in [-0.25, -0.2) is 9.78 Å². The Kier molecular flexibility index (Phi) is 6.58. The maximum atomic E-state index is 12.6. The van der Waals surface area contributed by atoms with E-state index in [0.717, 1.165) is 11.3 Å². The third-order valence-corrected chi connectivity index (χ3v) is 4.35. The lowest BCUT2D eigenvalue weighted by Crippen LogP contribution is -2.17. The number of benzene rings is 2. The van der Waals surface area contributed by atoms with Gasteiger partial charge in [0.25, 0.3) is 5.91 Å². The van der Waals surface area contributed by atoms with Gasteiger partial charge in [0.05, 0.1) is 29.7 Å². The molecule has 29 heavy (non-hydrogen) atoms. The van der Waals surface area contributed by atoms with Crippen LogP contribution in [0, 0.1) is 0 Å². The van der Waals surface area contributed by atoms with Gasteiger partial charge in [0.2, 0.25) is 0 Å². The van der Waals surface area contributed by atoms with E-state index in [9.17, 15) is 9.59 Å². The Balaban J connectivity index is 1.68. The van der Waals surface area contributed by atoms with Gasteiger partial charge >= 0.3 is 5.97 Å². The predicted molar refractivity (Wildman–Crippen MR) is 113 cm³/mol. The van der Waals surface area contributed by atoms with Crippen molar-refractivity contribution in [3.63, 3.8) is 0 Å². The number of para-hydroxylation sites is 1. The Morgan fingerprint density at radius 1 is 1.00 bits per heavy atom. The first-order chi connectivity index (χ1) is 14.1. The summed E-state index contributed by atoms with van der Waals surface area (Å²) in [5.41, 5.74) is 2.91. The molecule has 0 saturated heterocycles. The van der Waals surface area contributed by atoms with E-state index < -0.39 is 11.9 Å². The minimum absolute atomic E-state index is 0.106. The summed E-state index contributed by atoms with van der Waals surface area (Å²) in [4.78, 5) is 28.8. The first kappa shape index (κ1) is 20.1. The van der Waals surface area contributed by atoms with Crippen LogP contribution in [0.4, 0.5) is 11.4 Å². The van der Waals surface area contributed by atoms with Gasteiger partial charge in [-0.1, -0.05) is 42.5 Å². The molecule has 0 bridgehead atoms. The predicted octanol–water partition coefficient (Wildman–Crippen LogP) is 4.68. The number of hydrogen-bond donors (Lipinski definition) is 2. The average molecular weight is 389 g/mol. The highest BCUT2D eigenvalue weighted by atomic mass is 16.5. The molecule has 148 valence electrons. The molecule has 6 heteroatoms. The van der Waals surface area contributed by atoms with Crippen LogP contribution in [0.2, 0.25) is 0 Å². The molecule has 1 heterocycles. The van der Waals surface area contributed by atoms with Gasteiger partial charge in [-0.2, -0.15) is 0 Å². The zero-order chi connectivity index (χ0) is 20.6. The number of aromatic nitrogens is 1. The normalized spacial score (nSPS) is 11.4. The first-order valence-electron chi connectivity index (χ1n) is 9.43. The monoisotopic (exact) mass is 389 g/mol. The van der Waals surface area contributed by atoms with E-state index in [-0.39, 0.29) is 18.3 Å². The Morgan fingerprint density at radius 2 is 1.72 bits per heavy atom. The van der Waals surface area contributed by atoms with E-state index in [2.05, 4.69) is 22.5 Å². The van der Waals surface area contributed by atoms with E-state index in [4.69, 9.17) is 4.74 Å². The number of rotatable bonds is 7. The Bertz CT molecular complexity index is 972. The van der Waals surface area contributed by atoms with Gasteiger partial charge in [-0.3, -0.25) is 4.79 Å². The SMILES string of the molecule is CCOC(=O)c1ccccc1NC(=O)c1ccc(NC(C)c2ccccc2)cn1. The van der Waals surface area contributed by atoms with Gasteiger partial charge < -0.3 is 15.4 Å². The van der Waals surface area contributed by atoms with Crippen LogP contribution in [0.3, 0.4) is 0 Å². The van der Waals surface area contributed by atoms with Gasteiger partial charge in [0.1, 0.15) is 5.69 Å². The molecule has 1 aromatic heterocycles. The number of nitrogens with one attached hydrogen (secondary N) is 2. The molecule has 0 radical (unpaired) electrons. The summed E-state index contributed by atoms with van der Waals surface area (Å²) < 4.78 is 5.03. The number of amides is 1. The van der Waals surface area contributed by atoms with E-state index in [1.807, 2.05) is 30.3 Å². The van der Waals surface area contributed by atoms with Crippen molar-refractivity contribution in [2.45, 2.75) is 19.9 Å². The van der Waals surface area contributed by atoms with E-state index >= 15 is 0 Å². The molecular weight excluding hydrogens is 366 g/mol. The van der Waals surface area contributed by atoms with Crippen LogP contribution in [0.15, 0.2) is 72.9 Å². The van der Waals surface area contributed by atoms with Crippen molar-refractivity contribution in [3.05, 3.63) is 89.7 Å². The number of esters is 1. The van der Waals surface area contributed by atoms with Crippen LogP contribution in [0.1, 0.15) is 46.3 Å². The largest absolute Gasteiger partial charge is 0.462 e. The van der Waals surface area contributed by atoms with Gasteiger partial charge in [0.15, 0.2) is 0 Å². The van der Waals surface area contributed by atoms with Gasteiger partial charge in [0, 0.05) is 6.04 Å². The Labute approximate surface area is 169 Å². The van der Waals surface area contributed by atoms with Crippen molar-refractivity contribution in [1.29, 1.82) is 0 Å². The van der Waals surface area contributed by atoms with Crippen molar-refractivity contribution >= 4 is 23.3 Å². The number of carbonyl (C=O) groups excluding carboxylic acids is 2. The quantitative estimate of drug-likeness (QED) is 0.573. The fourth-order valence-electron chi connectivity index (χ4n) is 2.85. The molecule has 6 nitrogen and oxygen atoms in total. The van der Waals surface area contributed by atoms with E-state index in [1.54, 1.807) is 49.5 Å². The maximum absolute atomic E-state index is 12.6. The second-order valence-electron chi connectivity index (χ2n) is 6.43. The van der Waals surface area contributed by atoms with E-state index in [0.29, 0.717) is 11.3 Å². The summed E-state index contributed by atoms with van der Waals surface area (Å²) >= 11 is 0. The third kappa shape index (κ3) is 5.19. The second kappa shape index (κ2) is 9.50. The van der Waals surface area contributed by atoms with Crippen molar-refractivity contribution in [2.24, 2.45) is 0 Å². The molecule has 2 N–H and O–H groups in total. The van der Waals surface area contributed by atoms with Crippen LogP contribution in [-0.2, 0) is 4.74 Å². The van der Waals surface area contributed by atoms with Crippen LogP contribution >= 0.6 is 0 Å². The number of pyridine rings is 1. The highest BCUT2D eigenvalue weighted by Crippen LogP contribution is 2.20. The fourth-order valence-corrected chi connectivity index (χ4v) is 2.85. The Hall–Kier alpha value is -3.67. The number of hydrogen-bond acceptors (Lipinski definition) is 5. The summed E-state index contributed by atoms with van der Waals surface area (Å²) in [6, 6.07) is 20.3. The summed E-state index contributed by atoms with van der Waals surface area (Å²) in [6.07, 6.45) is 1.62. The van der Waals surface area contributed by atoms with Crippen LogP contribution < -0.4 is 10.6 Å². The lowest BCUT2D eigenvalue weighted by molar-refractivity contribution is 0.0527. The van der Waals surface area contributed by atoms with E-state index in [1.165, 1.54) is 0 Å². The summed E-state index contributed by atoms with van der Waals surface area (Å²) in [5.74, 6) is -0.879.